The van der Waals surface area contributed by atoms with Crippen LogP contribution in [-0.4, -0.2) is 35.8 Å². The number of carbonyl (C=O) groups excluding carboxylic acids is 2. The summed E-state index contributed by atoms with van der Waals surface area (Å²) < 4.78 is 0. The topological polar surface area (TPSA) is 49.4 Å². The molecule has 0 aromatic carbocycles. The lowest BCUT2D eigenvalue weighted by Crippen LogP contribution is -2.57. The van der Waals surface area contributed by atoms with Crippen LogP contribution in [0.1, 0.15) is 34.6 Å². The molecule has 4 heteroatoms. The van der Waals surface area contributed by atoms with Crippen molar-refractivity contribution in [1.82, 2.24) is 10.2 Å². The Morgan fingerprint density at radius 3 is 2.24 bits per heavy atom. The summed E-state index contributed by atoms with van der Waals surface area (Å²) in [7, 11) is 0. The molecule has 1 saturated carbocycles. The number of nitrogens with zero attached hydrogens (tertiary/aromatic N) is 1. The van der Waals surface area contributed by atoms with Crippen molar-refractivity contribution in [3.8, 4) is 0 Å². The molecule has 0 radical (unpaired) electrons. The van der Waals surface area contributed by atoms with Crippen molar-refractivity contribution in [2.24, 2.45) is 16.7 Å². The minimum Gasteiger partial charge on any atom is -0.345 e. The fourth-order valence-corrected chi connectivity index (χ4v) is 3.02. The zero-order chi connectivity index (χ0) is 13.0. The molecule has 4 nitrogen and oxygen atoms in total. The van der Waals surface area contributed by atoms with E-state index < -0.39 is 0 Å². The van der Waals surface area contributed by atoms with Gasteiger partial charge in [0.05, 0.1) is 6.54 Å². The van der Waals surface area contributed by atoms with Crippen LogP contribution < -0.4 is 5.32 Å². The Labute approximate surface area is 103 Å². The lowest BCUT2D eigenvalue weighted by Gasteiger charge is -2.33. The van der Waals surface area contributed by atoms with Crippen LogP contribution in [0.15, 0.2) is 0 Å². The Morgan fingerprint density at radius 1 is 1.24 bits per heavy atom. The first kappa shape index (κ1) is 12.4. The quantitative estimate of drug-likeness (QED) is 0.780. The van der Waals surface area contributed by atoms with E-state index in [2.05, 4.69) is 33.0 Å². The van der Waals surface area contributed by atoms with Gasteiger partial charge in [-0.05, 0) is 23.7 Å². The molecular weight excluding hydrogens is 216 g/mol. The van der Waals surface area contributed by atoms with E-state index in [9.17, 15) is 9.59 Å². The maximum atomic E-state index is 11.8. The Hall–Kier alpha value is -1.06. The first-order chi connectivity index (χ1) is 7.69. The third-order valence-corrected chi connectivity index (χ3v) is 5.28. The molecule has 0 spiro atoms. The third-order valence-electron chi connectivity index (χ3n) is 5.28. The van der Waals surface area contributed by atoms with E-state index in [0.717, 1.165) is 0 Å². The molecule has 2 aliphatic rings. The second-order valence-corrected chi connectivity index (χ2v) is 6.44. The molecule has 2 amide bonds. The summed E-state index contributed by atoms with van der Waals surface area (Å²) in [6, 6.07) is -0.330. The molecule has 1 aliphatic carbocycles. The summed E-state index contributed by atoms with van der Waals surface area (Å²) in [5, 5.41) is 2.62. The zero-order valence-electron chi connectivity index (χ0n) is 11.3. The highest BCUT2D eigenvalue weighted by atomic mass is 16.2. The zero-order valence-corrected chi connectivity index (χ0v) is 11.3. The number of carbonyl (C=O) groups is 2. The summed E-state index contributed by atoms with van der Waals surface area (Å²) in [6.45, 7) is 11.6. The van der Waals surface area contributed by atoms with Crippen LogP contribution in [0.3, 0.4) is 0 Å². The maximum absolute atomic E-state index is 11.8. The van der Waals surface area contributed by atoms with E-state index in [1.807, 2.05) is 0 Å². The van der Waals surface area contributed by atoms with E-state index in [1.54, 1.807) is 11.8 Å². The largest absolute Gasteiger partial charge is 0.345 e. The lowest BCUT2D eigenvalue weighted by molar-refractivity contribution is -0.145. The highest BCUT2D eigenvalue weighted by molar-refractivity contribution is 5.94. The van der Waals surface area contributed by atoms with Gasteiger partial charge in [-0.1, -0.05) is 27.7 Å². The van der Waals surface area contributed by atoms with Gasteiger partial charge >= 0.3 is 0 Å². The van der Waals surface area contributed by atoms with E-state index in [0.29, 0.717) is 12.5 Å². The molecule has 0 aromatic heterocycles. The molecule has 2 fully saturated rings. The number of amides is 2. The highest BCUT2D eigenvalue weighted by Crippen LogP contribution is 2.68. The smallest absolute Gasteiger partial charge is 0.242 e. The van der Waals surface area contributed by atoms with Gasteiger partial charge in [0.2, 0.25) is 11.8 Å². The molecule has 17 heavy (non-hydrogen) atoms. The van der Waals surface area contributed by atoms with E-state index in [-0.39, 0.29) is 35.2 Å². The summed E-state index contributed by atoms with van der Waals surface area (Å²) in [5.41, 5.74) is 0.502. The SMILES string of the molecule is CC1C(=O)NCC(=O)N1CC1C(C)(C)C1(C)C. The minimum absolute atomic E-state index is 0.0376. The van der Waals surface area contributed by atoms with E-state index >= 15 is 0 Å². The predicted octanol–water partition coefficient (Wildman–Crippen LogP) is 1.02. The van der Waals surface area contributed by atoms with Gasteiger partial charge in [0.15, 0.2) is 0 Å². The highest BCUT2D eigenvalue weighted by Gasteiger charge is 2.65. The fourth-order valence-electron chi connectivity index (χ4n) is 3.02. The van der Waals surface area contributed by atoms with Crippen molar-refractivity contribution < 1.29 is 9.59 Å². The van der Waals surface area contributed by atoms with Crippen LogP contribution in [0.25, 0.3) is 0 Å². The summed E-state index contributed by atoms with van der Waals surface area (Å²) >= 11 is 0. The lowest BCUT2D eigenvalue weighted by atomic mass is 10.0. The fraction of sp³-hybridized carbons (Fsp3) is 0.846. The van der Waals surface area contributed by atoms with Crippen molar-refractivity contribution in [3.63, 3.8) is 0 Å². The monoisotopic (exact) mass is 238 g/mol. The van der Waals surface area contributed by atoms with Gasteiger partial charge in [-0.2, -0.15) is 0 Å². The van der Waals surface area contributed by atoms with Crippen molar-refractivity contribution in [2.75, 3.05) is 13.1 Å². The number of hydrogen-bond donors (Lipinski definition) is 1. The van der Waals surface area contributed by atoms with Crippen LogP contribution >= 0.6 is 0 Å². The predicted molar refractivity (Wildman–Crippen MR) is 65.2 cm³/mol. The first-order valence-electron chi connectivity index (χ1n) is 6.27. The van der Waals surface area contributed by atoms with Crippen LogP contribution in [0, 0.1) is 16.7 Å². The van der Waals surface area contributed by atoms with Gasteiger partial charge in [-0.15, -0.1) is 0 Å². The minimum atomic E-state index is -0.330. The third kappa shape index (κ3) is 1.65. The average molecular weight is 238 g/mol. The Balaban J connectivity index is 2.09. The van der Waals surface area contributed by atoms with Crippen molar-refractivity contribution in [2.45, 2.75) is 40.7 Å². The normalized spacial score (nSPS) is 31.4. The Morgan fingerprint density at radius 2 is 1.76 bits per heavy atom. The molecule has 2 rings (SSSR count). The van der Waals surface area contributed by atoms with Crippen molar-refractivity contribution in [3.05, 3.63) is 0 Å². The molecule has 1 atom stereocenters. The van der Waals surface area contributed by atoms with Crippen LogP contribution in [0.2, 0.25) is 0 Å². The van der Waals surface area contributed by atoms with Crippen LogP contribution in [-0.2, 0) is 9.59 Å². The molecule has 1 saturated heterocycles. The molecule has 0 aromatic rings. The van der Waals surface area contributed by atoms with Crippen molar-refractivity contribution >= 4 is 11.8 Å². The van der Waals surface area contributed by atoms with Gasteiger partial charge in [-0.25, -0.2) is 0 Å². The maximum Gasteiger partial charge on any atom is 0.242 e. The number of hydrogen-bond acceptors (Lipinski definition) is 2. The Kier molecular flexibility index (Phi) is 2.53. The van der Waals surface area contributed by atoms with Crippen molar-refractivity contribution in [1.29, 1.82) is 0 Å². The van der Waals surface area contributed by atoms with Gasteiger partial charge in [0.1, 0.15) is 6.04 Å². The average Bonchev–Trinajstić information content (AvgIpc) is 2.60. The number of nitrogens with one attached hydrogen (secondary N) is 1. The summed E-state index contributed by atoms with van der Waals surface area (Å²) in [4.78, 5) is 25.2. The van der Waals surface area contributed by atoms with E-state index in [4.69, 9.17) is 0 Å². The van der Waals surface area contributed by atoms with Crippen LogP contribution in [0.5, 0.6) is 0 Å². The van der Waals surface area contributed by atoms with Gasteiger partial charge in [-0.3, -0.25) is 9.59 Å². The molecule has 1 unspecified atom stereocenters. The second kappa shape index (κ2) is 3.47. The molecule has 1 N–H and O–H groups in total. The summed E-state index contributed by atoms with van der Waals surface area (Å²) in [6.07, 6.45) is 0. The van der Waals surface area contributed by atoms with Crippen LogP contribution in [0.4, 0.5) is 0 Å². The standard InChI is InChI=1S/C13H22N2O2/c1-8-11(17)14-6-10(16)15(8)7-9-12(2,3)13(9,4)5/h8-9H,6-7H2,1-5H3,(H,14,17). The molecular formula is C13H22N2O2. The molecule has 1 heterocycles. The second-order valence-electron chi connectivity index (χ2n) is 6.44. The molecule has 1 aliphatic heterocycles. The molecule has 0 bridgehead atoms. The van der Waals surface area contributed by atoms with Gasteiger partial charge in [0, 0.05) is 6.54 Å². The Bertz CT molecular complexity index is 360. The number of rotatable bonds is 2. The summed E-state index contributed by atoms with van der Waals surface area (Å²) in [5.74, 6) is 0.476. The van der Waals surface area contributed by atoms with Gasteiger partial charge in [0.25, 0.3) is 0 Å². The first-order valence-corrected chi connectivity index (χ1v) is 6.27. The van der Waals surface area contributed by atoms with E-state index in [1.165, 1.54) is 0 Å². The molecule has 96 valence electrons. The number of piperazine rings is 1. The van der Waals surface area contributed by atoms with Gasteiger partial charge < -0.3 is 10.2 Å².